The lowest BCUT2D eigenvalue weighted by Crippen LogP contribution is -2.72. The molecule has 0 aromatic heterocycles. The van der Waals surface area contributed by atoms with Gasteiger partial charge in [-0.15, -0.1) is 0 Å². The third-order valence-electron chi connectivity index (χ3n) is 3.82. The maximum Gasteiger partial charge on any atom is 0.381 e. The summed E-state index contributed by atoms with van der Waals surface area (Å²) in [7, 11) is -5.19. The lowest BCUT2D eigenvalue weighted by Gasteiger charge is -2.42. The van der Waals surface area contributed by atoms with Crippen LogP contribution in [0.15, 0.2) is 0 Å². The van der Waals surface area contributed by atoms with E-state index in [1.807, 2.05) is 0 Å². The molecular formula is C15H21F13O2Si. The molecular weight excluding hydrogens is 487 g/mol. The molecule has 31 heavy (non-hydrogen) atoms. The van der Waals surface area contributed by atoms with Gasteiger partial charge in [0.15, 0.2) is 6.17 Å². The molecule has 3 unspecified atom stereocenters. The van der Waals surface area contributed by atoms with Crippen molar-refractivity contribution in [3.05, 3.63) is 0 Å². The Bertz CT molecular complexity index is 575. The predicted molar refractivity (Wildman–Crippen MR) is 84.5 cm³/mol. The molecule has 0 spiro atoms. The van der Waals surface area contributed by atoms with Crippen LogP contribution in [0.2, 0.25) is 6.55 Å². The Kier molecular flexibility index (Phi) is 9.37. The number of rotatable bonds is 12. The van der Waals surface area contributed by atoms with E-state index in [-0.39, 0.29) is 0 Å². The summed E-state index contributed by atoms with van der Waals surface area (Å²) in [6, 6.07) is 0. The smallest absolute Gasteiger partial charge is 0.381 e. The maximum atomic E-state index is 14.6. The minimum atomic E-state index is -7.50. The Balaban J connectivity index is 6.40. The molecule has 0 aliphatic heterocycles. The zero-order valence-electron chi connectivity index (χ0n) is 16.7. The van der Waals surface area contributed by atoms with E-state index in [0.717, 1.165) is 27.7 Å². The van der Waals surface area contributed by atoms with Crippen LogP contribution < -0.4 is 0 Å². The van der Waals surface area contributed by atoms with E-state index in [1.165, 1.54) is 0 Å². The first-order valence-corrected chi connectivity index (χ1v) is 11.0. The molecule has 0 aromatic rings. The Hall–Kier alpha value is -0.773. The van der Waals surface area contributed by atoms with Crippen LogP contribution in [0.25, 0.3) is 0 Å². The van der Waals surface area contributed by atoms with Gasteiger partial charge in [0.1, 0.15) is 0 Å². The number of hydrogen-bond acceptors (Lipinski definition) is 2. The van der Waals surface area contributed by atoms with Gasteiger partial charge in [0.05, 0.1) is 0 Å². The summed E-state index contributed by atoms with van der Waals surface area (Å²) < 4.78 is 185. The zero-order valence-corrected chi connectivity index (χ0v) is 17.7. The highest BCUT2D eigenvalue weighted by molar-refractivity contribution is 6.67. The first-order valence-electron chi connectivity index (χ1n) is 8.57. The summed E-state index contributed by atoms with van der Waals surface area (Å²) in [5, 5.41) is 0. The van der Waals surface area contributed by atoms with E-state index in [1.54, 1.807) is 0 Å². The second kappa shape index (κ2) is 9.61. The van der Waals surface area contributed by atoms with Crippen LogP contribution in [0.3, 0.4) is 0 Å². The molecule has 3 atom stereocenters. The zero-order chi connectivity index (χ0) is 25.4. The number of alkyl halides is 13. The van der Waals surface area contributed by atoms with Gasteiger partial charge >= 0.3 is 32.3 Å². The molecule has 0 saturated heterocycles. The normalized spacial score (nSPS) is 18.1. The van der Waals surface area contributed by atoms with Crippen molar-refractivity contribution in [1.82, 2.24) is 0 Å². The SMILES string of the molecule is CC(C)O[Si](C)(OC(C)C)C(F)C(F)(F)C(F)(F)C(F)(F)C(F)(F)C(F)C(F)C(F)F. The van der Waals surface area contributed by atoms with Gasteiger partial charge in [0.25, 0.3) is 6.43 Å². The minimum absolute atomic E-state index is 0.435. The average molecular weight is 508 g/mol. The second-order valence-corrected chi connectivity index (χ2v) is 10.3. The highest BCUT2D eigenvalue weighted by Crippen LogP contribution is 2.57. The van der Waals surface area contributed by atoms with Crippen molar-refractivity contribution in [2.24, 2.45) is 0 Å². The summed E-state index contributed by atoms with van der Waals surface area (Å²) >= 11 is 0. The highest BCUT2D eigenvalue weighted by atomic mass is 28.4. The van der Waals surface area contributed by atoms with Crippen LogP contribution in [0, 0.1) is 0 Å². The first-order chi connectivity index (χ1) is 13.5. The lowest BCUT2D eigenvalue weighted by molar-refractivity contribution is -0.384. The van der Waals surface area contributed by atoms with Crippen LogP contribution >= 0.6 is 0 Å². The third-order valence-corrected chi connectivity index (χ3v) is 6.98. The van der Waals surface area contributed by atoms with Gasteiger partial charge in [-0.05, 0) is 34.2 Å². The van der Waals surface area contributed by atoms with Crippen molar-refractivity contribution in [2.45, 2.75) is 94.7 Å². The molecule has 2 nitrogen and oxygen atoms in total. The lowest BCUT2D eigenvalue weighted by atomic mass is 9.94. The predicted octanol–water partition coefficient (Wildman–Crippen LogP) is 6.27. The molecule has 0 radical (unpaired) electrons. The molecule has 0 saturated carbocycles. The average Bonchev–Trinajstić information content (AvgIpc) is 2.57. The van der Waals surface area contributed by atoms with Crippen molar-refractivity contribution in [3.63, 3.8) is 0 Å². The first kappa shape index (κ1) is 30.2. The van der Waals surface area contributed by atoms with Gasteiger partial charge in [-0.1, -0.05) is 0 Å². The third kappa shape index (κ3) is 5.60. The fourth-order valence-electron chi connectivity index (χ4n) is 2.49. The van der Waals surface area contributed by atoms with Gasteiger partial charge in [0, 0.05) is 12.2 Å². The van der Waals surface area contributed by atoms with E-state index in [2.05, 4.69) is 0 Å². The van der Waals surface area contributed by atoms with Crippen LogP contribution in [-0.2, 0) is 8.85 Å². The van der Waals surface area contributed by atoms with Crippen molar-refractivity contribution in [3.8, 4) is 0 Å². The summed E-state index contributed by atoms with van der Waals surface area (Å²) in [4.78, 5) is 0. The van der Waals surface area contributed by atoms with Crippen LogP contribution in [0.4, 0.5) is 57.1 Å². The Labute approximate surface area is 170 Å². The van der Waals surface area contributed by atoms with Crippen LogP contribution in [-0.4, -0.2) is 69.0 Å². The van der Waals surface area contributed by atoms with Crippen molar-refractivity contribution in [1.29, 1.82) is 0 Å². The molecule has 188 valence electrons. The van der Waals surface area contributed by atoms with Gasteiger partial charge in [-0.3, -0.25) is 0 Å². The maximum absolute atomic E-state index is 14.6. The Morgan fingerprint density at radius 1 is 0.613 bits per heavy atom. The summed E-state index contributed by atoms with van der Waals surface area (Å²) in [6.45, 7) is 4.88. The Morgan fingerprint density at radius 3 is 1.23 bits per heavy atom. The fourth-order valence-corrected chi connectivity index (χ4v) is 5.50. The monoisotopic (exact) mass is 508 g/mol. The minimum Gasteiger partial charge on any atom is -0.390 e. The molecule has 0 amide bonds. The quantitative estimate of drug-likeness (QED) is 0.229. The van der Waals surface area contributed by atoms with Crippen LogP contribution in [0.1, 0.15) is 27.7 Å². The molecule has 0 aromatic carbocycles. The van der Waals surface area contributed by atoms with Gasteiger partial charge in [-0.2, -0.15) is 35.1 Å². The van der Waals surface area contributed by atoms with Crippen LogP contribution in [0.5, 0.6) is 0 Å². The van der Waals surface area contributed by atoms with Crippen molar-refractivity contribution < 1.29 is 65.9 Å². The number of halogens is 13. The van der Waals surface area contributed by atoms with Gasteiger partial charge in [0.2, 0.25) is 12.0 Å². The van der Waals surface area contributed by atoms with Gasteiger partial charge in [-0.25, -0.2) is 22.0 Å². The fraction of sp³-hybridized carbons (Fsp3) is 1.00. The van der Waals surface area contributed by atoms with Gasteiger partial charge < -0.3 is 8.85 Å². The van der Waals surface area contributed by atoms with E-state index >= 15 is 0 Å². The molecule has 0 aliphatic carbocycles. The van der Waals surface area contributed by atoms with Crippen molar-refractivity contribution in [2.75, 3.05) is 0 Å². The van der Waals surface area contributed by atoms with E-state index in [0.29, 0.717) is 6.55 Å². The van der Waals surface area contributed by atoms with E-state index < -0.39 is 69.0 Å². The highest BCUT2D eigenvalue weighted by Gasteiger charge is 2.86. The van der Waals surface area contributed by atoms with E-state index in [4.69, 9.17) is 8.85 Å². The summed E-state index contributed by atoms with van der Waals surface area (Å²) in [5.41, 5.74) is 0. The summed E-state index contributed by atoms with van der Waals surface area (Å²) in [6.07, 6.45) is -17.1. The molecule has 0 heterocycles. The standard InChI is InChI=1S/C15H21F13O2Si/c1-6(2)29-31(5,30-7(3)4)11(20)13(23,24)15(27,28)14(25,26)12(21,22)9(17)8(16)10(18)19/h6-11H,1-5H3. The molecule has 0 aliphatic rings. The molecule has 0 bridgehead atoms. The largest absolute Gasteiger partial charge is 0.390 e. The molecule has 0 rings (SSSR count). The molecule has 16 heteroatoms. The molecule has 0 fully saturated rings. The topological polar surface area (TPSA) is 18.5 Å². The summed E-state index contributed by atoms with van der Waals surface area (Å²) in [5.74, 6) is -33.1. The van der Waals surface area contributed by atoms with Crippen molar-refractivity contribution >= 4 is 8.56 Å². The Morgan fingerprint density at radius 2 is 0.935 bits per heavy atom. The van der Waals surface area contributed by atoms with E-state index in [9.17, 15) is 57.1 Å². The second-order valence-electron chi connectivity index (χ2n) is 7.29. The number of hydrogen-bond donors (Lipinski definition) is 0. The molecule has 0 N–H and O–H groups in total.